The molecule has 0 heterocycles. The fourth-order valence-corrected chi connectivity index (χ4v) is 6.74. The van der Waals surface area contributed by atoms with Crippen LogP contribution >= 0.6 is 0 Å². The van der Waals surface area contributed by atoms with Gasteiger partial charge in [0.05, 0.1) is 6.07 Å². The van der Waals surface area contributed by atoms with Gasteiger partial charge in [-0.05, 0) is 112 Å². The lowest BCUT2D eigenvalue weighted by Gasteiger charge is -2.33. The molecule has 2 fully saturated rings. The van der Waals surface area contributed by atoms with Crippen molar-refractivity contribution in [2.45, 2.75) is 122 Å². The van der Waals surface area contributed by atoms with Crippen LogP contribution in [0.1, 0.15) is 114 Å². The summed E-state index contributed by atoms with van der Waals surface area (Å²) < 4.78 is 32.3. The summed E-state index contributed by atoms with van der Waals surface area (Å²) in [5.41, 5.74) is 1.42. The molecule has 4 rings (SSSR count). The summed E-state index contributed by atoms with van der Waals surface area (Å²) in [6.45, 7) is 8.05. The van der Waals surface area contributed by atoms with Gasteiger partial charge in [-0.1, -0.05) is 62.4 Å². The molecule has 38 heavy (non-hydrogen) atoms. The third-order valence-corrected chi connectivity index (χ3v) is 8.69. The number of rotatable bonds is 12. The Morgan fingerprint density at radius 1 is 0.816 bits per heavy atom. The van der Waals surface area contributed by atoms with Gasteiger partial charge in [0.25, 0.3) is 0 Å². The van der Waals surface area contributed by atoms with Crippen molar-refractivity contribution < 1.29 is 8.78 Å². The summed E-state index contributed by atoms with van der Waals surface area (Å²) in [5, 5.41) is 7.32. The first kappa shape index (κ1) is 30.3. The average Bonchev–Trinajstić information content (AvgIpc) is 3.58. The van der Waals surface area contributed by atoms with Crippen molar-refractivity contribution in [2.75, 3.05) is 13.1 Å². The first-order valence-electron chi connectivity index (χ1n) is 15.0. The first-order valence-corrected chi connectivity index (χ1v) is 15.0. The molecule has 0 radical (unpaired) electrons. The smallest absolute Gasteiger partial charge is 0.136 e. The molecular weight excluding hydrogens is 474 g/mol. The lowest BCUT2D eigenvalue weighted by molar-refractivity contribution is 0.159. The van der Waals surface area contributed by atoms with Crippen molar-refractivity contribution in [3.05, 3.63) is 70.8 Å². The van der Waals surface area contributed by atoms with Crippen LogP contribution in [0.5, 0.6) is 0 Å². The van der Waals surface area contributed by atoms with Gasteiger partial charge < -0.3 is 4.90 Å². The Kier molecular flexibility index (Phi) is 11.8. The number of nitriles is 1. The van der Waals surface area contributed by atoms with Crippen molar-refractivity contribution in [1.29, 1.82) is 5.26 Å². The van der Waals surface area contributed by atoms with E-state index in [1.165, 1.54) is 12.5 Å². The van der Waals surface area contributed by atoms with Crippen LogP contribution < -0.4 is 0 Å². The molecule has 0 aliphatic heterocycles. The lowest BCUT2D eigenvalue weighted by Crippen LogP contribution is -2.38. The largest absolute Gasteiger partial charge is 0.300 e. The molecule has 0 aromatic heterocycles. The highest BCUT2D eigenvalue weighted by atomic mass is 19.1. The van der Waals surface area contributed by atoms with E-state index in [0.717, 1.165) is 87.6 Å². The molecule has 208 valence electrons. The molecule has 2 aliphatic carbocycles. The van der Waals surface area contributed by atoms with Crippen LogP contribution in [0.4, 0.5) is 8.78 Å². The number of nitrogens with zero attached hydrogens (tertiary/aromatic N) is 2. The summed E-state index contributed by atoms with van der Waals surface area (Å²) in [7, 11) is 0. The Labute approximate surface area is 230 Å². The van der Waals surface area contributed by atoms with Crippen LogP contribution in [-0.4, -0.2) is 24.0 Å². The molecule has 2 aromatic rings. The Balaban J connectivity index is 0.00000127. The van der Waals surface area contributed by atoms with Crippen LogP contribution in [-0.2, 0) is 24.2 Å². The third kappa shape index (κ3) is 7.66. The van der Waals surface area contributed by atoms with E-state index in [0.29, 0.717) is 31.7 Å². The molecule has 0 amide bonds. The zero-order valence-corrected chi connectivity index (χ0v) is 24.0. The Bertz CT molecular complexity index is 961. The quantitative estimate of drug-likeness (QED) is 0.278. The van der Waals surface area contributed by atoms with Crippen LogP contribution in [0.3, 0.4) is 0 Å². The van der Waals surface area contributed by atoms with Gasteiger partial charge >= 0.3 is 0 Å². The van der Waals surface area contributed by atoms with Gasteiger partial charge in [-0.2, -0.15) is 5.26 Å². The summed E-state index contributed by atoms with van der Waals surface area (Å²) in [6, 6.07) is 18.8. The molecule has 2 nitrogen and oxygen atoms in total. The molecule has 0 N–H and O–H groups in total. The van der Waals surface area contributed by atoms with E-state index in [4.69, 9.17) is 5.26 Å². The summed E-state index contributed by atoms with van der Waals surface area (Å²) in [4.78, 5) is 2.62. The normalized spacial score (nSPS) is 18.6. The SMILES string of the molecule is CC#N.CCCN(CCc1ccccc1)C(CC)CCc1c(C2(F)CCCC2)cccc1C1(F)CCCC1. The van der Waals surface area contributed by atoms with Gasteiger partial charge in [0.1, 0.15) is 11.3 Å². The van der Waals surface area contributed by atoms with Crippen molar-refractivity contribution in [3.8, 4) is 6.07 Å². The van der Waals surface area contributed by atoms with Crippen LogP contribution in [0.2, 0.25) is 0 Å². The molecule has 2 saturated carbocycles. The highest BCUT2D eigenvalue weighted by Crippen LogP contribution is 2.49. The maximum Gasteiger partial charge on any atom is 0.136 e. The summed E-state index contributed by atoms with van der Waals surface area (Å²) >= 11 is 0. The monoisotopic (exact) mass is 522 g/mol. The third-order valence-electron chi connectivity index (χ3n) is 8.69. The zero-order valence-electron chi connectivity index (χ0n) is 24.0. The molecular formula is C34H48F2N2. The Hall–Kier alpha value is -2.25. The second-order valence-electron chi connectivity index (χ2n) is 11.3. The maximum atomic E-state index is 16.2. The minimum atomic E-state index is -1.28. The minimum Gasteiger partial charge on any atom is -0.300 e. The van der Waals surface area contributed by atoms with Gasteiger partial charge in [-0.15, -0.1) is 0 Å². The van der Waals surface area contributed by atoms with E-state index >= 15 is 8.78 Å². The maximum absolute atomic E-state index is 16.2. The summed E-state index contributed by atoms with van der Waals surface area (Å²) in [6.07, 6.45) is 11.0. The van der Waals surface area contributed by atoms with Crippen molar-refractivity contribution in [1.82, 2.24) is 4.90 Å². The molecule has 0 spiro atoms. The van der Waals surface area contributed by atoms with E-state index in [1.54, 1.807) is 6.07 Å². The van der Waals surface area contributed by atoms with Crippen LogP contribution in [0.15, 0.2) is 48.5 Å². The topological polar surface area (TPSA) is 27.0 Å². The van der Waals surface area contributed by atoms with Crippen LogP contribution in [0.25, 0.3) is 0 Å². The highest BCUT2D eigenvalue weighted by molar-refractivity contribution is 5.43. The van der Waals surface area contributed by atoms with E-state index < -0.39 is 11.3 Å². The van der Waals surface area contributed by atoms with E-state index in [2.05, 4.69) is 49.1 Å². The molecule has 1 atom stereocenters. The number of hydrogen-bond acceptors (Lipinski definition) is 2. The van der Waals surface area contributed by atoms with Crippen molar-refractivity contribution in [2.24, 2.45) is 0 Å². The molecule has 0 saturated heterocycles. The van der Waals surface area contributed by atoms with Crippen molar-refractivity contribution >= 4 is 0 Å². The van der Waals surface area contributed by atoms with Crippen LogP contribution in [0, 0.1) is 11.3 Å². The predicted octanol–water partition coefficient (Wildman–Crippen LogP) is 9.36. The molecule has 2 aliphatic rings. The average molecular weight is 523 g/mol. The molecule has 2 aromatic carbocycles. The minimum absolute atomic E-state index is 0.429. The molecule has 4 heteroatoms. The predicted molar refractivity (Wildman–Crippen MR) is 155 cm³/mol. The van der Waals surface area contributed by atoms with Gasteiger partial charge in [0.15, 0.2) is 0 Å². The van der Waals surface area contributed by atoms with Crippen molar-refractivity contribution in [3.63, 3.8) is 0 Å². The standard InChI is InChI=1S/C32H45F2N.C2H3N/c1-3-24-35(25-19-26-13-6-5-7-14-26)27(4-2)17-18-28-29(31(33)20-8-9-21-31)15-12-16-30(28)32(34)22-10-11-23-32;1-2-3/h5-7,12-16,27H,3-4,8-11,17-25H2,1-2H3;1H3. The number of alkyl halides is 2. The fraction of sp³-hybridized carbons (Fsp3) is 0.618. The molecule has 0 bridgehead atoms. The number of halogens is 2. The van der Waals surface area contributed by atoms with Gasteiger partial charge in [0.2, 0.25) is 0 Å². The Morgan fingerprint density at radius 2 is 1.34 bits per heavy atom. The highest BCUT2D eigenvalue weighted by Gasteiger charge is 2.42. The number of hydrogen-bond donors (Lipinski definition) is 0. The first-order chi connectivity index (χ1) is 18.4. The Morgan fingerprint density at radius 3 is 1.82 bits per heavy atom. The summed E-state index contributed by atoms with van der Waals surface area (Å²) in [5.74, 6) is 0. The second kappa shape index (κ2) is 14.8. The number of benzene rings is 2. The van der Waals surface area contributed by atoms with E-state index in [-0.39, 0.29) is 0 Å². The molecule has 1 unspecified atom stereocenters. The zero-order chi connectivity index (χ0) is 27.4. The van der Waals surface area contributed by atoms with E-state index in [1.807, 2.05) is 18.2 Å². The van der Waals surface area contributed by atoms with Gasteiger partial charge in [-0.3, -0.25) is 0 Å². The second-order valence-corrected chi connectivity index (χ2v) is 11.3. The fourth-order valence-electron chi connectivity index (χ4n) is 6.74. The lowest BCUT2D eigenvalue weighted by atomic mass is 9.80. The van der Waals surface area contributed by atoms with E-state index in [9.17, 15) is 0 Å². The van der Waals surface area contributed by atoms with Gasteiger partial charge in [-0.25, -0.2) is 8.78 Å². The van der Waals surface area contributed by atoms with Gasteiger partial charge in [0, 0.05) is 19.5 Å².